The van der Waals surface area contributed by atoms with Gasteiger partial charge in [-0.15, -0.1) is 0 Å². The van der Waals surface area contributed by atoms with Gasteiger partial charge in [0, 0.05) is 24.2 Å². The molecule has 2 aromatic heterocycles. The van der Waals surface area contributed by atoms with Crippen LogP contribution in [0.1, 0.15) is 61.0 Å². The molecule has 1 aromatic carbocycles. The number of carboxylic acids is 1. The second-order valence-corrected chi connectivity index (χ2v) is 9.08. The van der Waals surface area contributed by atoms with Crippen LogP contribution in [0.15, 0.2) is 42.7 Å². The largest absolute Gasteiger partial charge is 0.491 e. The number of carbonyl (C=O) groups is 2. The summed E-state index contributed by atoms with van der Waals surface area (Å²) in [5, 5.41) is 17.2. The van der Waals surface area contributed by atoms with Gasteiger partial charge in [0.1, 0.15) is 11.8 Å². The Hall–Kier alpha value is -3.42. The minimum atomic E-state index is -0.998. The Balaban J connectivity index is 1.14. The molecule has 0 radical (unpaired) electrons. The quantitative estimate of drug-likeness (QED) is 0.413. The third kappa shape index (κ3) is 5.92. The average molecular weight is 465 g/mol. The highest BCUT2D eigenvalue weighted by molar-refractivity contribution is 5.99. The van der Waals surface area contributed by atoms with E-state index >= 15 is 0 Å². The monoisotopic (exact) mass is 464 g/mol. The van der Waals surface area contributed by atoms with Crippen molar-refractivity contribution < 1.29 is 19.4 Å². The molecular weight excluding hydrogens is 432 g/mol. The second kappa shape index (κ2) is 11.1. The van der Waals surface area contributed by atoms with Crippen LogP contribution in [-0.4, -0.2) is 44.4 Å². The maximum atomic E-state index is 12.6. The number of amides is 1. The van der Waals surface area contributed by atoms with E-state index in [4.69, 9.17) is 4.74 Å². The Kier molecular flexibility index (Phi) is 7.77. The van der Waals surface area contributed by atoms with Gasteiger partial charge >= 0.3 is 5.97 Å². The van der Waals surface area contributed by atoms with Gasteiger partial charge in [0.05, 0.1) is 24.0 Å². The smallest absolute Gasteiger partial charge is 0.326 e. The fourth-order valence-corrected chi connectivity index (χ4v) is 4.55. The normalized spacial score (nSPS) is 16.0. The van der Waals surface area contributed by atoms with E-state index in [2.05, 4.69) is 15.4 Å². The number of nitrogens with one attached hydrogen (secondary N) is 1. The molecule has 0 spiro atoms. The van der Waals surface area contributed by atoms with Crippen molar-refractivity contribution in [2.24, 2.45) is 13.0 Å². The Morgan fingerprint density at radius 3 is 2.88 bits per heavy atom. The van der Waals surface area contributed by atoms with Crippen molar-refractivity contribution in [3.63, 3.8) is 0 Å². The number of hydrogen-bond acceptors (Lipinski definition) is 5. The van der Waals surface area contributed by atoms with Crippen molar-refractivity contribution in [3.05, 3.63) is 54.0 Å². The zero-order valence-electron chi connectivity index (χ0n) is 19.6. The number of rotatable bonds is 11. The van der Waals surface area contributed by atoms with E-state index in [9.17, 15) is 14.7 Å². The summed E-state index contributed by atoms with van der Waals surface area (Å²) in [4.78, 5) is 28.7. The Labute approximate surface area is 199 Å². The number of fused-ring (bicyclic) bond motifs is 2. The summed E-state index contributed by atoms with van der Waals surface area (Å²) in [6.45, 7) is 0.756. The Morgan fingerprint density at radius 2 is 2.03 bits per heavy atom. The number of carboxylic acid groups (broad SMARTS) is 1. The molecule has 8 nitrogen and oxygen atoms in total. The van der Waals surface area contributed by atoms with Crippen molar-refractivity contribution in [3.8, 4) is 5.75 Å². The van der Waals surface area contributed by atoms with Gasteiger partial charge in [0.2, 0.25) is 0 Å². The lowest BCUT2D eigenvalue weighted by atomic mass is 9.94. The molecule has 8 heteroatoms. The second-order valence-electron chi connectivity index (χ2n) is 9.08. The molecule has 0 aliphatic carbocycles. The van der Waals surface area contributed by atoms with Crippen molar-refractivity contribution in [1.29, 1.82) is 0 Å². The number of aryl methyl sites for hydroxylation is 1. The number of ether oxygens (including phenoxy) is 1. The van der Waals surface area contributed by atoms with E-state index in [1.807, 2.05) is 31.4 Å². The number of aliphatic carboxylic acids is 1. The minimum Gasteiger partial charge on any atom is -0.491 e. The SMILES string of the molecule is Cn1ncc2cc(C(=O)NC(CCCCCCCC3COc4cccnc4C3)C(=O)O)ccc21. The predicted octanol–water partition coefficient (Wildman–Crippen LogP) is 4.13. The molecule has 4 rings (SSSR count). The lowest BCUT2D eigenvalue weighted by Gasteiger charge is -2.24. The van der Waals surface area contributed by atoms with E-state index < -0.39 is 12.0 Å². The maximum absolute atomic E-state index is 12.6. The molecule has 1 aliphatic heterocycles. The molecule has 0 fully saturated rings. The molecule has 34 heavy (non-hydrogen) atoms. The van der Waals surface area contributed by atoms with Gasteiger partial charge in [0.25, 0.3) is 5.91 Å². The highest BCUT2D eigenvalue weighted by Crippen LogP contribution is 2.27. The number of nitrogens with zero attached hydrogens (tertiary/aromatic N) is 3. The minimum absolute atomic E-state index is 0.371. The standard InChI is InChI=1S/C26H32N4O4/c1-30-23-12-11-19(15-20(23)16-28-30)25(31)29-21(26(32)33)9-6-4-2-3-5-8-18-14-22-24(34-17-18)10-7-13-27-22/h7,10-13,15-16,18,21H,2-6,8-9,14,17H2,1H3,(H,29,31)(H,32,33). The van der Waals surface area contributed by atoms with Crippen LogP contribution >= 0.6 is 0 Å². The van der Waals surface area contributed by atoms with Crippen LogP contribution in [-0.2, 0) is 18.3 Å². The molecule has 0 saturated carbocycles. The van der Waals surface area contributed by atoms with Crippen LogP contribution < -0.4 is 10.1 Å². The van der Waals surface area contributed by atoms with Gasteiger partial charge in [-0.2, -0.15) is 5.10 Å². The van der Waals surface area contributed by atoms with Crippen molar-refractivity contribution in [1.82, 2.24) is 20.1 Å². The molecule has 1 amide bonds. The number of pyridine rings is 1. The first-order valence-corrected chi connectivity index (χ1v) is 12.0. The summed E-state index contributed by atoms with van der Waals surface area (Å²) in [5.41, 5.74) is 2.42. The lowest BCUT2D eigenvalue weighted by molar-refractivity contribution is -0.139. The molecule has 3 aromatic rings. The zero-order chi connectivity index (χ0) is 23.9. The highest BCUT2D eigenvalue weighted by atomic mass is 16.5. The molecule has 0 bridgehead atoms. The van der Waals surface area contributed by atoms with E-state index in [-0.39, 0.29) is 5.91 Å². The van der Waals surface area contributed by atoms with E-state index in [0.29, 0.717) is 17.9 Å². The Morgan fingerprint density at radius 1 is 1.21 bits per heavy atom. The lowest BCUT2D eigenvalue weighted by Crippen LogP contribution is -2.40. The van der Waals surface area contributed by atoms with Crippen molar-refractivity contribution in [2.45, 2.75) is 57.4 Å². The van der Waals surface area contributed by atoms with Crippen LogP contribution in [0, 0.1) is 5.92 Å². The van der Waals surface area contributed by atoms with Crippen LogP contribution in [0.4, 0.5) is 0 Å². The topological polar surface area (TPSA) is 106 Å². The molecule has 3 heterocycles. The summed E-state index contributed by atoms with van der Waals surface area (Å²) >= 11 is 0. The first kappa shape index (κ1) is 23.7. The average Bonchev–Trinajstić information content (AvgIpc) is 3.22. The zero-order valence-corrected chi connectivity index (χ0v) is 19.6. The molecule has 180 valence electrons. The number of carbonyl (C=O) groups excluding carboxylic acids is 1. The van der Waals surface area contributed by atoms with Crippen LogP contribution in [0.25, 0.3) is 10.9 Å². The van der Waals surface area contributed by atoms with E-state index in [0.717, 1.165) is 73.9 Å². The van der Waals surface area contributed by atoms with Gasteiger partial charge in [-0.3, -0.25) is 14.5 Å². The fourth-order valence-electron chi connectivity index (χ4n) is 4.55. The highest BCUT2D eigenvalue weighted by Gasteiger charge is 2.21. The van der Waals surface area contributed by atoms with Gasteiger partial charge in [0.15, 0.2) is 0 Å². The predicted molar refractivity (Wildman–Crippen MR) is 129 cm³/mol. The third-order valence-corrected chi connectivity index (χ3v) is 6.52. The van der Waals surface area contributed by atoms with Gasteiger partial charge in [-0.05, 0) is 55.5 Å². The summed E-state index contributed by atoms with van der Waals surface area (Å²) in [5.74, 6) is 0.0576. The molecule has 2 atom stereocenters. The first-order chi connectivity index (χ1) is 16.5. The molecular formula is C26H32N4O4. The molecule has 2 unspecified atom stereocenters. The Bertz CT molecular complexity index is 1140. The first-order valence-electron chi connectivity index (χ1n) is 12.0. The summed E-state index contributed by atoms with van der Waals surface area (Å²) in [6.07, 6.45) is 11.0. The summed E-state index contributed by atoms with van der Waals surface area (Å²) in [6, 6.07) is 8.25. The summed E-state index contributed by atoms with van der Waals surface area (Å²) < 4.78 is 7.54. The van der Waals surface area contributed by atoms with E-state index in [1.165, 1.54) is 0 Å². The van der Waals surface area contributed by atoms with Crippen LogP contribution in [0.2, 0.25) is 0 Å². The molecule has 2 N–H and O–H groups in total. The van der Waals surface area contributed by atoms with Crippen LogP contribution in [0.5, 0.6) is 5.75 Å². The van der Waals surface area contributed by atoms with Gasteiger partial charge in [-0.1, -0.05) is 32.1 Å². The molecule has 0 saturated heterocycles. The maximum Gasteiger partial charge on any atom is 0.326 e. The summed E-state index contributed by atoms with van der Waals surface area (Å²) in [7, 11) is 1.84. The van der Waals surface area contributed by atoms with Crippen molar-refractivity contribution in [2.75, 3.05) is 6.61 Å². The van der Waals surface area contributed by atoms with Gasteiger partial charge in [-0.25, -0.2) is 4.79 Å². The van der Waals surface area contributed by atoms with Crippen molar-refractivity contribution >= 4 is 22.8 Å². The number of benzene rings is 1. The van der Waals surface area contributed by atoms with Gasteiger partial charge < -0.3 is 15.2 Å². The fraction of sp³-hybridized carbons (Fsp3) is 0.462. The molecule has 1 aliphatic rings. The third-order valence-electron chi connectivity index (χ3n) is 6.52. The van der Waals surface area contributed by atoms with E-state index in [1.54, 1.807) is 23.0 Å². The number of hydrogen-bond donors (Lipinski definition) is 2. The number of aromatic nitrogens is 3. The van der Waals surface area contributed by atoms with Crippen LogP contribution in [0.3, 0.4) is 0 Å². The number of unbranched alkanes of at least 4 members (excludes halogenated alkanes) is 4.